The Kier molecular flexibility index (Phi) is 5.93. The number of nitrogens with zero attached hydrogens (tertiary/aromatic N) is 1. The summed E-state index contributed by atoms with van der Waals surface area (Å²) in [5.41, 5.74) is 0.824. The van der Waals surface area contributed by atoms with E-state index in [9.17, 15) is 19.2 Å². The molecule has 0 unspecified atom stereocenters. The first-order valence-corrected chi connectivity index (χ1v) is 8.99. The van der Waals surface area contributed by atoms with Crippen LogP contribution in [0.3, 0.4) is 0 Å². The Labute approximate surface area is 176 Å². The second-order valence-corrected chi connectivity index (χ2v) is 6.65. The van der Waals surface area contributed by atoms with Crippen molar-refractivity contribution in [2.24, 2.45) is 0 Å². The Morgan fingerprint density at radius 2 is 1.73 bits per heavy atom. The topological polar surface area (TPSA) is 111 Å². The zero-order valence-electron chi connectivity index (χ0n) is 16.3. The number of esters is 1. The van der Waals surface area contributed by atoms with Crippen molar-refractivity contribution in [2.45, 2.75) is 0 Å². The van der Waals surface area contributed by atoms with Crippen LogP contribution < -0.4 is 14.8 Å². The van der Waals surface area contributed by atoms with E-state index in [2.05, 4.69) is 5.32 Å². The maximum absolute atomic E-state index is 12.2. The van der Waals surface area contributed by atoms with Gasteiger partial charge in [0.2, 0.25) is 0 Å². The Bertz CT molecular complexity index is 1070. The minimum Gasteiger partial charge on any atom is -0.493 e. The van der Waals surface area contributed by atoms with Crippen molar-refractivity contribution in [1.82, 2.24) is 4.90 Å². The van der Waals surface area contributed by atoms with Crippen molar-refractivity contribution in [3.63, 3.8) is 0 Å². The Morgan fingerprint density at radius 3 is 2.40 bits per heavy atom. The summed E-state index contributed by atoms with van der Waals surface area (Å²) in [6.07, 6.45) is 0. The molecular weight excluding hydrogens is 416 g/mol. The summed E-state index contributed by atoms with van der Waals surface area (Å²) in [6, 6.07) is 7.05. The van der Waals surface area contributed by atoms with Gasteiger partial charge in [-0.1, -0.05) is 11.6 Å². The van der Waals surface area contributed by atoms with Crippen LogP contribution in [-0.2, 0) is 9.53 Å². The molecule has 0 saturated heterocycles. The highest BCUT2D eigenvalue weighted by molar-refractivity contribution is 6.32. The van der Waals surface area contributed by atoms with Crippen LogP contribution in [0, 0.1) is 0 Å². The Morgan fingerprint density at radius 1 is 1.03 bits per heavy atom. The largest absolute Gasteiger partial charge is 0.493 e. The van der Waals surface area contributed by atoms with E-state index >= 15 is 0 Å². The van der Waals surface area contributed by atoms with Crippen LogP contribution in [0.2, 0.25) is 5.02 Å². The Balaban J connectivity index is 1.64. The monoisotopic (exact) mass is 432 g/mol. The zero-order valence-corrected chi connectivity index (χ0v) is 17.0. The van der Waals surface area contributed by atoms with Gasteiger partial charge in [0.1, 0.15) is 0 Å². The molecule has 1 heterocycles. The van der Waals surface area contributed by atoms with Crippen molar-refractivity contribution >= 4 is 41.0 Å². The van der Waals surface area contributed by atoms with Crippen molar-refractivity contribution in [3.05, 3.63) is 52.0 Å². The number of imide groups is 1. The molecule has 0 aromatic heterocycles. The summed E-state index contributed by atoms with van der Waals surface area (Å²) < 4.78 is 15.2. The van der Waals surface area contributed by atoms with Crippen LogP contribution in [0.5, 0.6) is 11.5 Å². The van der Waals surface area contributed by atoms with Crippen LogP contribution >= 0.6 is 11.6 Å². The lowest BCUT2D eigenvalue weighted by Crippen LogP contribution is -2.24. The molecular formula is C20H17ClN2O7. The van der Waals surface area contributed by atoms with E-state index in [0.29, 0.717) is 5.69 Å². The van der Waals surface area contributed by atoms with Gasteiger partial charge in [0.25, 0.3) is 17.7 Å². The minimum absolute atomic E-state index is 0.0788. The molecule has 1 aliphatic heterocycles. The van der Waals surface area contributed by atoms with Crippen molar-refractivity contribution in [2.75, 3.05) is 33.2 Å². The number of benzene rings is 2. The number of ether oxygens (including phenoxy) is 3. The summed E-state index contributed by atoms with van der Waals surface area (Å²) in [7, 11) is 4.18. The van der Waals surface area contributed by atoms with Gasteiger partial charge in [-0.05, 0) is 30.3 Å². The average molecular weight is 433 g/mol. The zero-order chi connectivity index (χ0) is 22.0. The fraction of sp³-hybridized carbons (Fsp3) is 0.200. The first kappa shape index (κ1) is 21.1. The third-order valence-electron chi connectivity index (χ3n) is 4.38. The average Bonchev–Trinajstić information content (AvgIpc) is 2.95. The Hall–Kier alpha value is -3.59. The second-order valence-electron chi connectivity index (χ2n) is 6.25. The molecule has 0 fully saturated rings. The molecule has 0 saturated carbocycles. The smallest absolute Gasteiger partial charge is 0.338 e. The van der Waals surface area contributed by atoms with E-state index in [0.717, 1.165) is 4.90 Å². The number of carbonyl (C=O) groups is 4. The molecule has 0 atom stereocenters. The van der Waals surface area contributed by atoms with Gasteiger partial charge >= 0.3 is 5.97 Å². The molecule has 156 valence electrons. The third-order valence-corrected chi connectivity index (χ3v) is 4.66. The van der Waals surface area contributed by atoms with Gasteiger partial charge in [0.15, 0.2) is 18.1 Å². The third kappa shape index (κ3) is 3.92. The van der Waals surface area contributed by atoms with Gasteiger partial charge in [-0.15, -0.1) is 0 Å². The lowest BCUT2D eigenvalue weighted by Gasteiger charge is -2.11. The number of fused-ring (bicyclic) bond motifs is 1. The number of anilines is 1. The van der Waals surface area contributed by atoms with Crippen LogP contribution in [-0.4, -0.2) is 56.5 Å². The predicted octanol–water partition coefficient (Wildman–Crippen LogP) is 2.38. The van der Waals surface area contributed by atoms with Gasteiger partial charge in [0, 0.05) is 12.7 Å². The number of hydrogen-bond donors (Lipinski definition) is 1. The molecule has 0 spiro atoms. The van der Waals surface area contributed by atoms with E-state index in [1.165, 1.54) is 51.6 Å². The van der Waals surface area contributed by atoms with Gasteiger partial charge in [-0.2, -0.15) is 0 Å². The van der Waals surface area contributed by atoms with Crippen molar-refractivity contribution in [3.8, 4) is 11.5 Å². The van der Waals surface area contributed by atoms with E-state index in [1.54, 1.807) is 0 Å². The van der Waals surface area contributed by atoms with E-state index in [1.807, 2.05) is 0 Å². The quantitative estimate of drug-likeness (QED) is 0.551. The number of nitrogens with one attached hydrogen (secondary N) is 1. The fourth-order valence-electron chi connectivity index (χ4n) is 2.89. The van der Waals surface area contributed by atoms with Crippen LogP contribution in [0.15, 0.2) is 30.3 Å². The summed E-state index contributed by atoms with van der Waals surface area (Å²) in [4.78, 5) is 49.3. The maximum Gasteiger partial charge on any atom is 0.338 e. The lowest BCUT2D eigenvalue weighted by atomic mass is 10.1. The summed E-state index contributed by atoms with van der Waals surface area (Å²) in [5, 5.41) is 2.66. The van der Waals surface area contributed by atoms with E-state index in [4.69, 9.17) is 25.8 Å². The molecule has 0 aliphatic carbocycles. The number of halogens is 1. The predicted molar refractivity (Wildman–Crippen MR) is 106 cm³/mol. The van der Waals surface area contributed by atoms with E-state index in [-0.39, 0.29) is 33.2 Å². The first-order valence-electron chi connectivity index (χ1n) is 8.61. The molecule has 30 heavy (non-hydrogen) atoms. The fourth-order valence-corrected chi connectivity index (χ4v) is 3.17. The SMILES string of the molecule is COc1cc(C(=O)OCC(=O)Nc2ccc3c(c2)C(=O)N(C)C3=O)cc(Cl)c1OC. The number of rotatable bonds is 6. The first-order chi connectivity index (χ1) is 14.3. The number of methoxy groups -OCH3 is 2. The molecule has 9 nitrogen and oxygen atoms in total. The van der Waals surface area contributed by atoms with E-state index < -0.39 is 30.3 Å². The molecule has 3 rings (SSSR count). The standard InChI is InChI=1S/C20H17ClN2O7/c1-23-18(25)12-5-4-11(8-13(12)19(23)26)22-16(24)9-30-20(27)10-6-14(21)17(29-3)15(7-10)28-2/h4-8H,9H2,1-3H3,(H,22,24). The van der Waals surface area contributed by atoms with Crippen LogP contribution in [0.25, 0.3) is 0 Å². The summed E-state index contributed by atoms with van der Waals surface area (Å²) >= 11 is 6.06. The van der Waals surface area contributed by atoms with Gasteiger partial charge in [0.05, 0.1) is 35.9 Å². The van der Waals surface area contributed by atoms with Crippen molar-refractivity contribution in [1.29, 1.82) is 0 Å². The highest BCUT2D eigenvalue weighted by Gasteiger charge is 2.32. The van der Waals surface area contributed by atoms with Gasteiger partial charge in [-0.3, -0.25) is 19.3 Å². The molecule has 2 aromatic rings. The molecule has 0 bridgehead atoms. The normalized spacial score (nSPS) is 12.5. The summed E-state index contributed by atoms with van der Waals surface area (Å²) in [6.45, 7) is -0.575. The van der Waals surface area contributed by atoms with Gasteiger partial charge in [-0.25, -0.2) is 4.79 Å². The molecule has 3 amide bonds. The molecule has 1 N–H and O–H groups in total. The minimum atomic E-state index is -0.788. The molecule has 0 radical (unpaired) electrons. The lowest BCUT2D eigenvalue weighted by molar-refractivity contribution is -0.119. The maximum atomic E-state index is 12.2. The molecule has 1 aliphatic rings. The highest BCUT2D eigenvalue weighted by Crippen LogP contribution is 2.36. The number of hydrogen-bond acceptors (Lipinski definition) is 7. The van der Waals surface area contributed by atoms with Gasteiger partial charge < -0.3 is 19.5 Å². The second kappa shape index (κ2) is 8.42. The van der Waals surface area contributed by atoms with Crippen molar-refractivity contribution < 1.29 is 33.4 Å². The van der Waals surface area contributed by atoms with Crippen LogP contribution in [0.4, 0.5) is 5.69 Å². The summed E-state index contributed by atoms with van der Waals surface area (Å²) in [5.74, 6) is -1.77. The number of amides is 3. The highest BCUT2D eigenvalue weighted by atomic mass is 35.5. The molecule has 2 aromatic carbocycles. The van der Waals surface area contributed by atoms with Crippen LogP contribution in [0.1, 0.15) is 31.1 Å². The number of carbonyl (C=O) groups excluding carboxylic acids is 4. The molecule has 10 heteroatoms.